The van der Waals surface area contributed by atoms with Crippen LogP contribution in [-0.4, -0.2) is 31.6 Å². The molecular formula is C19H15Cl2N3O3. The van der Waals surface area contributed by atoms with Gasteiger partial charge in [0.1, 0.15) is 5.92 Å². The number of hydrogen-bond donors (Lipinski definition) is 1. The van der Waals surface area contributed by atoms with Crippen molar-refractivity contribution in [2.24, 2.45) is 7.05 Å². The zero-order chi connectivity index (χ0) is 19.7. The molecule has 2 heterocycles. The molecule has 6 nitrogen and oxygen atoms in total. The SMILES string of the molecule is Cc1cc(C(C(=O)O)c2ccc(Cl)nn2)n(C)c1C(=O)c1ccc(Cl)cc1. The van der Waals surface area contributed by atoms with Crippen LogP contribution in [0.4, 0.5) is 0 Å². The minimum absolute atomic E-state index is 0.171. The van der Waals surface area contributed by atoms with Gasteiger partial charge in [-0.25, -0.2) is 0 Å². The maximum atomic E-state index is 12.9. The number of carboxylic acids is 1. The van der Waals surface area contributed by atoms with Crippen LogP contribution < -0.4 is 0 Å². The van der Waals surface area contributed by atoms with Gasteiger partial charge < -0.3 is 9.67 Å². The molecule has 1 aromatic carbocycles. The third-order valence-corrected chi connectivity index (χ3v) is 4.73. The average Bonchev–Trinajstić information content (AvgIpc) is 2.91. The van der Waals surface area contributed by atoms with Gasteiger partial charge in [-0.05, 0) is 55.0 Å². The number of ketones is 1. The summed E-state index contributed by atoms with van der Waals surface area (Å²) in [6.45, 7) is 1.76. The van der Waals surface area contributed by atoms with E-state index in [4.69, 9.17) is 23.2 Å². The number of aliphatic carboxylic acids is 1. The third-order valence-electron chi connectivity index (χ3n) is 4.27. The molecule has 0 aliphatic carbocycles. The van der Waals surface area contributed by atoms with Gasteiger partial charge in [0.05, 0.1) is 11.4 Å². The Morgan fingerprint density at radius 3 is 2.30 bits per heavy atom. The Balaban J connectivity index is 2.08. The summed E-state index contributed by atoms with van der Waals surface area (Å²) in [5.74, 6) is -2.40. The van der Waals surface area contributed by atoms with Crippen LogP contribution in [0.5, 0.6) is 0 Å². The molecule has 8 heteroatoms. The molecule has 0 saturated carbocycles. The lowest BCUT2D eigenvalue weighted by Crippen LogP contribution is -2.19. The summed E-state index contributed by atoms with van der Waals surface area (Å²) in [6, 6.07) is 11.2. The first kappa shape index (κ1) is 19.1. The number of carbonyl (C=O) groups excluding carboxylic acids is 1. The molecule has 0 bridgehead atoms. The first-order chi connectivity index (χ1) is 12.8. The molecule has 0 saturated heterocycles. The van der Waals surface area contributed by atoms with Gasteiger partial charge in [0.15, 0.2) is 5.15 Å². The second-order valence-corrected chi connectivity index (χ2v) is 6.87. The number of hydrogen-bond acceptors (Lipinski definition) is 4. The van der Waals surface area contributed by atoms with Gasteiger partial charge in [-0.3, -0.25) is 9.59 Å². The van der Waals surface area contributed by atoms with Gasteiger partial charge >= 0.3 is 5.97 Å². The van der Waals surface area contributed by atoms with E-state index in [2.05, 4.69) is 10.2 Å². The Morgan fingerprint density at radius 1 is 1.07 bits per heavy atom. The van der Waals surface area contributed by atoms with Crippen molar-refractivity contribution in [2.75, 3.05) is 0 Å². The van der Waals surface area contributed by atoms with Crippen molar-refractivity contribution in [1.82, 2.24) is 14.8 Å². The highest BCUT2D eigenvalue weighted by Crippen LogP contribution is 2.29. The lowest BCUT2D eigenvalue weighted by atomic mass is 10.0. The van der Waals surface area contributed by atoms with Crippen LogP contribution in [0.3, 0.4) is 0 Å². The van der Waals surface area contributed by atoms with Crippen molar-refractivity contribution in [2.45, 2.75) is 12.8 Å². The minimum Gasteiger partial charge on any atom is -0.480 e. The van der Waals surface area contributed by atoms with Crippen molar-refractivity contribution in [3.8, 4) is 0 Å². The molecule has 3 rings (SSSR count). The zero-order valence-electron chi connectivity index (χ0n) is 14.5. The molecule has 1 unspecified atom stereocenters. The van der Waals surface area contributed by atoms with Crippen molar-refractivity contribution in [3.05, 3.63) is 80.8 Å². The number of carboxylic acid groups (broad SMARTS) is 1. The van der Waals surface area contributed by atoms with Crippen molar-refractivity contribution in [1.29, 1.82) is 0 Å². The molecule has 0 aliphatic rings. The standard InChI is InChI=1S/C19H15Cl2N3O3/c1-10-9-14(16(19(26)27)13-7-8-15(21)23-22-13)24(2)17(10)18(25)11-3-5-12(20)6-4-11/h3-9,16H,1-2H3,(H,26,27). The fourth-order valence-electron chi connectivity index (χ4n) is 3.01. The van der Waals surface area contributed by atoms with Crippen LogP contribution >= 0.6 is 23.2 Å². The van der Waals surface area contributed by atoms with Gasteiger partial charge in [-0.15, -0.1) is 5.10 Å². The van der Waals surface area contributed by atoms with E-state index < -0.39 is 11.9 Å². The summed E-state index contributed by atoms with van der Waals surface area (Å²) in [5, 5.41) is 18.1. The lowest BCUT2D eigenvalue weighted by Gasteiger charge is -2.14. The first-order valence-corrected chi connectivity index (χ1v) is 8.73. The summed E-state index contributed by atoms with van der Waals surface area (Å²) in [7, 11) is 1.66. The molecule has 0 radical (unpaired) electrons. The zero-order valence-corrected chi connectivity index (χ0v) is 16.0. The van der Waals surface area contributed by atoms with Crippen molar-refractivity contribution >= 4 is 35.0 Å². The molecule has 138 valence electrons. The van der Waals surface area contributed by atoms with E-state index in [0.29, 0.717) is 27.5 Å². The number of aryl methyl sites for hydroxylation is 1. The molecule has 0 spiro atoms. The molecule has 0 amide bonds. The Kier molecular flexibility index (Phi) is 5.30. The molecule has 1 atom stereocenters. The number of aromatic nitrogens is 3. The van der Waals surface area contributed by atoms with Crippen molar-refractivity contribution < 1.29 is 14.7 Å². The van der Waals surface area contributed by atoms with Crippen molar-refractivity contribution in [3.63, 3.8) is 0 Å². The summed E-state index contributed by atoms with van der Waals surface area (Å²) in [6.07, 6.45) is 0. The van der Waals surface area contributed by atoms with Gasteiger partial charge in [-0.2, -0.15) is 5.10 Å². The van der Waals surface area contributed by atoms with E-state index in [1.165, 1.54) is 12.1 Å². The van der Waals surface area contributed by atoms with Gasteiger partial charge in [0, 0.05) is 23.3 Å². The Bertz CT molecular complexity index is 1010. The summed E-state index contributed by atoms with van der Waals surface area (Å²) in [5.41, 5.74) is 2.20. The second kappa shape index (κ2) is 7.50. The number of benzene rings is 1. The maximum Gasteiger partial charge on any atom is 0.318 e. The Hall–Kier alpha value is -2.70. The molecule has 3 aromatic rings. The molecule has 1 N–H and O–H groups in total. The summed E-state index contributed by atoms with van der Waals surface area (Å²) >= 11 is 11.6. The van der Waals surface area contributed by atoms with Crippen LogP contribution in [-0.2, 0) is 11.8 Å². The second-order valence-electron chi connectivity index (χ2n) is 6.05. The minimum atomic E-state index is -1.10. The molecular weight excluding hydrogens is 389 g/mol. The normalized spacial score (nSPS) is 12.0. The summed E-state index contributed by atoms with van der Waals surface area (Å²) < 4.78 is 1.58. The van der Waals surface area contributed by atoms with Crippen LogP contribution in [0.25, 0.3) is 0 Å². The number of rotatable bonds is 5. The quantitative estimate of drug-likeness (QED) is 0.653. The van der Waals surface area contributed by atoms with Gasteiger partial charge in [-0.1, -0.05) is 23.2 Å². The van der Waals surface area contributed by atoms with E-state index in [0.717, 1.165) is 0 Å². The highest BCUT2D eigenvalue weighted by atomic mass is 35.5. The van der Waals surface area contributed by atoms with Crippen LogP contribution in [0.1, 0.15) is 38.9 Å². The average molecular weight is 404 g/mol. The number of nitrogens with zero attached hydrogens (tertiary/aromatic N) is 3. The largest absolute Gasteiger partial charge is 0.480 e. The van der Waals surface area contributed by atoms with E-state index in [1.54, 1.807) is 48.9 Å². The van der Waals surface area contributed by atoms with Gasteiger partial charge in [0.2, 0.25) is 5.78 Å². The summed E-state index contributed by atoms with van der Waals surface area (Å²) in [4.78, 5) is 24.9. The predicted octanol–water partition coefficient (Wildman–Crippen LogP) is 3.88. The molecule has 27 heavy (non-hydrogen) atoms. The first-order valence-electron chi connectivity index (χ1n) is 7.98. The molecule has 0 aliphatic heterocycles. The lowest BCUT2D eigenvalue weighted by molar-refractivity contribution is -0.137. The van der Waals surface area contributed by atoms with E-state index in [-0.39, 0.29) is 16.6 Å². The van der Waals surface area contributed by atoms with Gasteiger partial charge in [0.25, 0.3) is 0 Å². The highest BCUT2D eigenvalue weighted by Gasteiger charge is 2.30. The van der Waals surface area contributed by atoms with Crippen LogP contribution in [0, 0.1) is 6.92 Å². The molecule has 0 fully saturated rings. The van der Waals surface area contributed by atoms with E-state index in [9.17, 15) is 14.7 Å². The predicted molar refractivity (Wildman–Crippen MR) is 102 cm³/mol. The fraction of sp³-hybridized carbons (Fsp3) is 0.158. The molecule has 2 aromatic heterocycles. The number of carbonyl (C=O) groups is 2. The smallest absolute Gasteiger partial charge is 0.318 e. The maximum absolute atomic E-state index is 12.9. The van der Waals surface area contributed by atoms with Crippen LogP contribution in [0.15, 0.2) is 42.5 Å². The van der Waals surface area contributed by atoms with E-state index >= 15 is 0 Å². The Morgan fingerprint density at radius 2 is 1.74 bits per heavy atom. The fourth-order valence-corrected chi connectivity index (χ4v) is 3.24. The number of halogens is 2. The van der Waals surface area contributed by atoms with Crippen LogP contribution in [0.2, 0.25) is 10.2 Å². The third kappa shape index (κ3) is 3.72. The van der Waals surface area contributed by atoms with E-state index in [1.807, 2.05) is 0 Å². The monoisotopic (exact) mass is 403 g/mol. The highest BCUT2D eigenvalue weighted by molar-refractivity contribution is 6.30. The topological polar surface area (TPSA) is 85.1 Å². The Labute approximate surface area is 165 Å².